The van der Waals surface area contributed by atoms with Crippen LogP contribution in [0.3, 0.4) is 0 Å². The molecule has 0 aromatic carbocycles. The molecule has 0 unspecified atom stereocenters. The van der Waals surface area contributed by atoms with Gasteiger partial charge in [0.15, 0.2) is 17.2 Å². The van der Waals surface area contributed by atoms with Crippen molar-refractivity contribution < 1.29 is 14.3 Å². The highest BCUT2D eigenvalue weighted by Crippen LogP contribution is 2.38. The normalized spacial score (nSPS) is 38.5. The van der Waals surface area contributed by atoms with Gasteiger partial charge >= 0.3 is 0 Å². The van der Waals surface area contributed by atoms with Crippen LogP contribution in [0.25, 0.3) is 0 Å². The second kappa shape index (κ2) is 2.79. The van der Waals surface area contributed by atoms with Crippen molar-refractivity contribution in [1.82, 2.24) is 0 Å². The Kier molecular flexibility index (Phi) is 1.96. The van der Waals surface area contributed by atoms with Crippen LogP contribution in [0, 0.1) is 0 Å². The lowest BCUT2D eigenvalue weighted by atomic mass is 9.84. The fourth-order valence-corrected chi connectivity index (χ4v) is 2.14. The number of ether oxygens (including phenoxy) is 2. The van der Waals surface area contributed by atoms with E-state index in [2.05, 4.69) is 0 Å². The van der Waals surface area contributed by atoms with Crippen molar-refractivity contribution in [3.8, 4) is 0 Å². The van der Waals surface area contributed by atoms with Gasteiger partial charge in [-0.15, -0.1) is 0 Å². The van der Waals surface area contributed by atoms with E-state index in [-0.39, 0.29) is 5.78 Å². The summed E-state index contributed by atoms with van der Waals surface area (Å²) in [5.74, 6) is -0.350. The van der Waals surface area contributed by atoms with Crippen LogP contribution in [-0.2, 0) is 14.3 Å². The Morgan fingerprint density at radius 1 is 1.31 bits per heavy atom. The molecular formula is C10H16O3. The number of carbonyl (C=O) groups is 1. The zero-order valence-corrected chi connectivity index (χ0v) is 8.26. The van der Waals surface area contributed by atoms with Crippen molar-refractivity contribution >= 4 is 5.78 Å². The van der Waals surface area contributed by atoms with E-state index in [1.807, 2.05) is 13.8 Å². The van der Waals surface area contributed by atoms with Crippen LogP contribution in [0.1, 0.15) is 39.5 Å². The van der Waals surface area contributed by atoms with Gasteiger partial charge in [0.2, 0.25) is 0 Å². The molecule has 74 valence electrons. The third-order valence-corrected chi connectivity index (χ3v) is 2.84. The third-order valence-electron chi connectivity index (χ3n) is 2.84. The average Bonchev–Trinajstić information content (AvgIpc) is 2.35. The van der Waals surface area contributed by atoms with Gasteiger partial charge in [0.25, 0.3) is 0 Å². The van der Waals surface area contributed by atoms with Crippen molar-refractivity contribution in [2.75, 3.05) is 6.61 Å². The fourth-order valence-electron chi connectivity index (χ4n) is 2.14. The summed E-state index contributed by atoms with van der Waals surface area (Å²) in [5, 5.41) is 0. The van der Waals surface area contributed by atoms with Gasteiger partial charge in [-0.05, 0) is 33.1 Å². The first kappa shape index (κ1) is 9.16. The van der Waals surface area contributed by atoms with Crippen molar-refractivity contribution in [2.45, 2.75) is 50.9 Å². The second-order valence-corrected chi connectivity index (χ2v) is 4.42. The molecule has 1 heterocycles. The highest BCUT2D eigenvalue weighted by molar-refractivity contribution is 5.88. The number of hydrogen-bond donors (Lipinski definition) is 0. The summed E-state index contributed by atoms with van der Waals surface area (Å²) >= 11 is 0. The first-order valence-corrected chi connectivity index (χ1v) is 4.92. The van der Waals surface area contributed by atoms with E-state index in [1.165, 1.54) is 0 Å². The quantitative estimate of drug-likeness (QED) is 0.574. The molecule has 3 heteroatoms. The third kappa shape index (κ3) is 1.51. The van der Waals surface area contributed by atoms with E-state index in [0.29, 0.717) is 13.0 Å². The predicted molar refractivity (Wildman–Crippen MR) is 47.3 cm³/mol. The SMILES string of the molecule is CC1(C)OC[C@]2(CCCCC2=O)O1. The summed E-state index contributed by atoms with van der Waals surface area (Å²) in [6.45, 7) is 4.17. The summed E-state index contributed by atoms with van der Waals surface area (Å²) in [5.41, 5.74) is -0.595. The second-order valence-electron chi connectivity index (χ2n) is 4.42. The molecule has 2 fully saturated rings. The molecule has 1 saturated carbocycles. The van der Waals surface area contributed by atoms with Gasteiger partial charge in [-0.2, -0.15) is 0 Å². The van der Waals surface area contributed by atoms with Crippen LogP contribution in [-0.4, -0.2) is 23.8 Å². The maximum Gasteiger partial charge on any atom is 0.167 e. The Labute approximate surface area is 78.4 Å². The van der Waals surface area contributed by atoms with Gasteiger partial charge in [0.05, 0.1) is 6.61 Å². The Balaban J connectivity index is 2.16. The van der Waals surface area contributed by atoms with Crippen molar-refractivity contribution in [3.63, 3.8) is 0 Å². The van der Waals surface area contributed by atoms with Crippen LogP contribution in [0.5, 0.6) is 0 Å². The van der Waals surface area contributed by atoms with E-state index < -0.39 is 11.4 Å². The minimum absolute atomic E-state index is 0.226. The molecule has 13 heavy (non-hydrogen) atoms. The Bertz CT molecular complexity index is 234. The summed E-state index contributed by atoms with van der Waals surface area (Å²) in [4.78, 5) is 11.7. The number of hydrogen-bond acceptors (Lipinski definition) is 3. The topological polar surface area (TPSA) is 35.5 Å². The molecule has 1 saturated heterocycles. The van der Waals surface area contributed by atoms with Gasteiger partial charge in [-0.1, -0.05) is 0 Å². The fraction of sp³-hybridized carbons (Fsp3) is 0.900. The van der Waals surface area contributed by atoms with Crippen molar-refractivity contribution in [1.29, 1.82) is 0 Å². The molecule has 1 aliphatic heterocycles. The number of Topliss-reactive ketones (excluding diaryl/α,β-unsaturated/α-hetero) is 1. The lowest BCUT2D eigenvalue weighted by Crippen LogP contribution is -2.44. The lowest BCUT2D eigenvalue weighted by Gasteiger charge is -2.30. The lowest BCUT2D eigenvalue weighted by molar-refractivity contribution is -0.175. The molecule has 0 aromatic rings. The maximum absolute atomic E-state index is 11.7. The molecule has 2 aliphatic rings. The van der Waals surface area contributed by atoms with Gasteiger partial charge in [0.1, 0.15) is 0 Å². The molecular weight excluding hydrogens is 168 g/mol. The maximum atomic E-state index is 11.7. The van der Waals surface area contributed by atoms with Crippen LogP contribution in [0.15, 0.2) is 0 Å². The number of carbonyl (C=O) groups excluding carboxylic acids is 1. The van der Waals surface area contributed by atoms with E-state index in [1.54, 1.807) is 0 Å². The highest BCUT2D eigenvalue weighted by Gasteiger charge is 2.51. The zero-order chi connectivity index (χ0) is 9.53. The Morgan fingerprint density at radius 3 is 2.62 bits per heavy atom. The Hall–Kier alpha value is -0.410. The predicted octanol–water partition coefficient (Wildman–Crippen LogP) is 1.65. The molecule has 0 amide bonds. The van der Waals surface area contributed by atoms with Crippen LogP contribution in [0.2, 0.25) is 0 Å². The zero-order valence-electron chi connectivity index (χ0n) is 8.26. The smallest absolute Gasteiger partial charge is 0.167 e. The molecule has 3 nitrogen and oxygen atoms in total. The van der Waals surface area contributed by atoms with Crippen molar-refractivity contribution in [2.24, 2.45) is 0 Å². The van der Waals surface area contributed by atoms with E-state index in [0.717, 1.165) is 19.3 Å². The minimum atomic E-state index is -0.595. The summed E-state index contributed by atoms with van der Waals surface area (Å²) in [7, 11) is 0. The molecule has 0 N–H and O–H groups in total. The van der Waals surface area contributed by atoms with Gasteiger partial charge < -0.3 is 9.47 Å². The van der Waals surface area contributed by atoms with E-state index in [4.69, 9.17) is 9.47 Å². The molecule has 0 bridgehead atoms. The summed E-state index contributed by atoms with van der Waals surface area (Å²) in [6, 6.07) is 0. The molecule has 1 spiro atoms. The standard InChI is InChI=1S/C10H16O3/c1-9(2)12-7-10(13-9)6-4-3-5-8(10)11/h3-7H2,1-2H3/t10-/m0/s1. The minimum Gasteiger partial charge on any atom is -0.347 e. The Morgan fingerprint density at radius 2 is 2.08 bits per heavy atom. The first-order chi connectivity index (χ1) is 6.04. The van der Waals surface area contributed by atoms with E-state index in [9.17, 15) is 4.79 Å². The van der Waals surface area contributed by atoms with Gasteiger partial charge in [0, 0.05) is 6.42 Å². The molecule has 1 atom stereocenters. The molecule has 0 radical (unpaired) electrons. The van der Waals surface area contributed by atoms with Crippen LogP contribution >= 0.6 is 0 Å². The van der Waals surface area contributed by atoms with Crippen LogP contribution < -0.4 is 0 Å². The number of rotatable bonds is 0. The first-order valence-electron chi connectivity index (χ1n) is 4.92. The monoisotopic (exact) mass is 184 g/mol. The largest absolute Gasteiger partial charge is 0.347 e. The molecule has 1 aliphatic carbocycles. The number of ketones is 1. The summed E-state index contributed by atoms with van der Waals surface area (Å²) < 4.78 is 11.2. The summed E-state index contributed by atoms with van der Waals surface area (Å²) in [6.07, 6.45) is 3.56. The van der Waals surface area contributed by atoms with Gasteiger partial charge in [-0.25, -0.2) is 0 Å². The van der Waals surface area contributed by atoms with Crippen molar-refractivity contribution in [3.05, 3.63) is 0 Å². The highest BCUT2D eigenvalue weighted by atomic mass is 16.8. The van der Waals surface area contributed by atoms with Crippen LogP contribution in [0.4, 0.5) is 0 Å². The molecule has 2 rings (SSSR count). The average molecular weight is 184 g/mol. The molecule has 0 aromatic heterocycles. The van der Waals surface area contributed by atoms with E-state index >= 15 is 0 Å². The van der Waals surface area contributed by atoms with Gasteiger partial charge in [-0.3, -0.25) is 4.79 Å².